The molecule has 0 aliphatic carbocycles. The number of carboxylic acid groups (broad SMARTS) is 1. The van der Waals surface area contributed by atoms with Crippen molar-refractivity contribution in [3.05, 3.63) is 91.7 Å². The molecular formula is C26H25BrN4O3. The number of aryl methyl sites for hydroxylation is 2. The molecule has 0 aliphatic heterocycles. The number of halogens is 1. The van der Waals surface area contributed by atoms with Crippen LogP contribution < -0.4 is 5.56 Å². The largest absolute Gasteiger partial charge is 0.478 e. The predicted octanol–water partition coefficient (Wildman–Crippen LogP) is 5.49. The topological polar surface area (TPSA) is 89.5 Å². The zero-order chi connectivity index (χ0) is 24.4. The highest BCUT2D eigenvalue weighted by Gasteiger charge is 2.13. The van der Waals surface area contributed by atoms with Crippen LogP contribution in [0.25, 0.3) is 16.6 Å². The van der Waals surface area contributed by atoms with Crippen LogP contribution in [0, 0.1) is 13.8 Å². The van der Waals surface area contributed by atoms with Crippen LogP contribution in [0.15, 0.2) is 62.9 Å². The first-order chi connectivity index (χ1) is 16.3. The molecule has 34 heavy (non-hydrogen) atoms. The number of unbranched alkanes of at least 4 members (excludes halogenated alkanes) is 1. The van der Waals surface area contributed by atoms with Crippen LogP contribution in [0.2, 0.25) is 0 Å². The number of carboxylic acids is 1. The lowest BCUT2D eigenvalue weighted by atomic mass is 10.2. The number of benzene rings is 2. The van der Waals surface area contributed by atoms with Gasteiger partial charge in [0, 0.05) is 33.5 Å². The van der Waals surface area contributed by atoms with Crippen molar-refractivity contribution in [1.29, 1.82) is 0 Å². The highest BCUT2D eigenvalue weighted by atomic mass is 79.9. The normalized spacial score (nSPS) is 11.5. The number of rotatable bonds is 7. The fourth-order valence-corrected chi connectivity index (χ4v) is 4.36. The van der Waals surface area contributed by atoms with Crippen molar-refractivity contribution in [2.24, 2.45) is 5.10 Å². The molecule has 0 bridgehead atoms. The lowest BCUT2D eigenvalue weighted by molar-refractivity contribution is 0.0697. The molecule has 1 N–H and O–H groups in total. The molecule has 0 radical (unpaired) electrons. The van der Waals surface area contributed by atoms with Gasteiger partial charge in [0.2, 0.25) is 0 Å². The number of hydrogen-bond donors (Lipinski definition) is 1. The van der Waals surface area contributed by atoms with Crippen molar-refractivity contribution in [1.82, 2.24) is 14.2 Å². The Morgan fingerprint density at radius 1 is 1.15 bits per heavy atom. The van der Waals surface area contributed by atoms with Crippen molar-refractivity contribution in [3.63, 3.8) is 0 Å². The molecule has 0 saturated carbocycles. The van der Waals surface area contributed by atoms with E-state index in [1.165, 1.54) is 4.68 Å². The first-order valence-electron chi connectivity index (χ1n) is 11.1. The van der Waals surface area contributed by atoms with Gasteiger partial charge >= 0.3 is 5.97 Å². The Kier molecular flexibility index (Phi) is 6.79. The summed E-state index contributed by atoms with van der Waals surface area (Å²) >= 11 is 3.43. The molecule has 7 nitrogen and oxygen atoms in total. The van der Waals surface area contributed by atoms with E-state index in [9.17, 15) is 9.59 Å². The van der Waals surface area contributed by atoms with E-state index in [4.69, 9.17) is 10.1 Å². The van der Waals surface area contributed by atoms with Gasteiger partial charge in [-0.2, -0.15) is 9.78 Å². The summed E-state index contributed by atoms with van der Waals surface area (Å²) in [7, 11) is 0. The summed E-state index contributed by atoms with van der Waals surface area (Å²) in [6.07, 6.45) is 4.24. The minimum Gasteiger partial charge on any atom is -0.478 e. The third kappa shape index (κ3) is 4.59. The predicted molar refractivity (Wildman–Crippen MR) is 138 cm³/mol. The van der Waals surface area contributed by atoms with E-state index >= 15 is 0 Å². The second-order valence-electron chi connectivity index (χ2n) is 8.17. The average Bonchev–Trinajstić information content (AvgIpc) is 3.10. The standard InChI is InChI=1S/C26H25BrN4O3/c1-4-5-6-24-29-23-12-9-20(27)14-22(23)25(32)31(24)28-15-19-13-16(2)30(17(19)3)21-10-7-18(8-11-21)26(33)34/h7-15H,4-6H2,1-3H3,(H,33,34). The molecule has 2 aromatic heterocycles. The molecule has 0 fully saturated rings. The van der Waals surface area contributed by atoms with Gasteiger partial charge in [-0.05, 0) is 68.8 Å². The number of carbonyl (C=O) groups is 1. The fourth-order valence-electron chi connectivity index (χ4n) is 4.00. The second kappa shape index (κ2) is 9.77. The first-order valence-corrected chi connectivity index (χ1v) is 11.9. The summed E-state index contributed by atoms with van der Waals surface area (Å²) in [5, 5.41) is 14.2. The van der Waals surface area contributed by atoms with E-state index < -0.39 is 5.97 Å². The minimum atomic E-state index is -0.958. The van der Waals surface area contributed by atoms with E-state index in [-0.39, 0.29) is 11.1 Å². The Hall–Kier alpha value is -3.52. The number of fused-ring (bicyclic) bond motifs is 1. The van der Waals surface area contributed by atoms with E-state index in [0.717, 1.165) is 40.0 Å². The molecule has 8 heteroatoms. The monoisotopic (exact) mass is 520 g/mol. The number of hydrogen-bond acceptors (Lipinski definition) is 4. The molecule has 2 heterocycles. The van der Waals surface area contributed by atoms with Gasteiger partial charge in [-0.25, -0.2) is 9.78 Å². The first kappa shape index (κ1) is 23.6. The third-order valence-corrected chi connectivity index (χ3v) is 6.28. The third-order valence-electron chi connectivity index (χ3n) is 5.78. The van der Waals surface area contributed by atoms with Crippen molar-refractivity contribution >= 4 is 39.0 Å². The number of nitrogens with zero attached hydrogens (tertiary/aromatic N) is 4. The van der Waals surface area contributed by atoms with Gasteiger partial charge in [-0.3, -0.25) is 4.79 Å². The molecule has 0 unspecified atom stereocenters. The summed E-state index contributed by atoms with van der Waals surface area (Å²) in [6.45, 7) is 6.04. The molecule has 2 aromatic carbocycles. The van der Waals surface area contributed by atoms with Gasteiger partial charge in [0.25, 0.3) is 5.56 Å². The zero-order valence-electron chi connectivity index (χ0n) is 19.2. The summed E-state index contributed by atoms with van der Waals surface area (Å²) in [4.78, 5) is 29.2. The maximum Gasteiger partial charge on any atom is 0.335 e. The molecule has 0 atom stereocenters. The molecule has 4 aromatic rings. The highest BCUT2D eigenvalue weighted by Crippen LogP contribution is 2.21. The van der Waals surface area contributed by atoms with Crippen molar-refractivity contribution in [2.45, 2.75) is 40.0 Å². The van der Waals surface area contributed by atoms with E-state index in [1.54, 1.807) is 36.5 Å². The fraction of sp³-hybridized carbons (Fsp3) is 0.231. The average molecular weight is 521 g/mol. The van der Waals surface area contributed by atoms with Gasteiger partial charge < -0.3 is 9.67 Å². The van der Waals surface area contributed by atoms with Crippen molar-refractivity contribution in [3.8, 4) is 5.69 Å². The van der Waals surface area contributed by atoms with Gasteiger partial charge in [0.05, 0.1) is 22.7 Å². The Morgan fingerprint density at radius 3 is 2.56 bits per heavy atom. The van der Waals surface area contributed by atoms with Crippen LogP contribution in [-0.4, -0.2) is 31.5 Å². The van der Waals surface area contributed by atoms with Crippen molar-refractivity contribution < 1.29 is 9.90 Å². The lowest BCUT2D eigenvalue weighted by Crippen LogP contribution is -2.22. The smallest absolute Gasteiger partial charge is 0.335 e. The van der Waals surface area contributed by atoms with Crippen LogP contribution >= 0.6 is 15.9 Å². The van der Waals surface area contributed by atoms with Crippen molar-refractivity contribution in [2.75, 3.05) is 0 Å². The minimum absolute atomic E-state index is 0.202. The molecule has 174 valence electrons. The summed E-state index contributed by atoms with van der Waals surface area (Å²) in [5.74, 6) is -0.323. The summed E-state index contributed by atoms with van der Waals surface area (Å²) < 4.78 is 4.25. The summed E-state index contributed by atoms with van der Waals surface area (Å²) in [6, 6.07) is 14.2. The Morgan fingerprint density at radius 2 is 1.88 bits per heavy atom. The number of aromatic nitrogens is 3. The molecule has 4 rings (SSSR count). The Balaban J connectivity index is 1.77. The Labute approximate surface area is 205 Å². The van der Waals surface area contributed by atoms with Crippen LogP contribution in [0.4, 0.5) is 0 Å². The number of aromatic carboxylic acids is 1. The lowest BCUT2D eigenvalue weighted by Gasteiger charge is -2.10. The van der Waals surface area contributed by atoms with E-state index in [0.29, 0.717) is 23.1 Å². The van der Waals surface area contributed by atoms with Crippen LogP contribution in [0.5, 0.6) is 0 Å². The van der Waals surface area contributed by atoms with Crippen LogP contribution in [0.1, 0.15) is 52.9 Å². The molecular weight excluding hydrogens is 496 g/mol. The van der Waals surface area contributed by atoms with Crippen LogP contribution in [0.3, 0.4) is 0 Å². The van der Waals surface area contributed by atoms with Gasteiger partial charge in [-0.15, -0.1) is 0 Å². The van der Waals surface area contributed by atoms with Crippen LogP contribution in [-0.2, 0) is 6.42 Å². The molecule has 0 amide bonds. The SMILES string of the molecule is CCCCc1nc2ccc(Br)cc2c(=O)n1N=Cc1cc(C)n(-c2ccc(C(=O)O)cc2)c1C. The molecule has 0 aliphatic rings. The molecule has 0 saturated heterocycles. The zero-order valence-corrected chi connectivity index (χ0v) is 20.8. The van der Waals surface area contributed by atoms with E-state index in [2.05, 4.69) is 28.0 Å². The maximum absolute atomic E-state index is 13.3. The maximum atomic E-state index is 13.3. The second-order valence-corrected chi connectivity index (χ2v) is 9.08. The van der Waals surface area contributed by atoms with Gasteiger partial charge in [-0.1, -0.05) is 29.3 Å². The molecule has 0 spiro atoms. The highest BCUT2D eigenvalue weighted by molar-refractivity contribution is 9.10. The van der Waals surface area contributed by atoms with E-state index in [1.807, 2.05) is 36.6 Å². The Bertz CT molecular complexity index is 1470. The van der Waals surface area contributed by atoms with Gasteiger partial charge in [0.1, 0.15) is 5.82 Å². The summed E-state index contributed by atoms with van der Waals surface area (Å²) in [5.41, 5.74) is 4.33. The quantitative estimate of drug-likeness (QED) is 0.326. The van der Waals surface area contributed by atoms with Gasteiger partial charge in [0.15, 0.2) is 0 Å².